The van der Waals surface area contributed by atoms with Gasteiger partial charge < -0.3 is 4.74 Å². The van der Waals surface area contributed by atoms with Crippen molar-refractivity contribution in [2.24, 2.45) is 11.8 Å². The molecule has 0 aliphatic heterocycles. The van der Waals surface area contributed by atoms with E-state index in [9.17, 15) is 18.0 Å². The number of ether oxygens (including phenoxy) is 1. The highest BCUT2D eigenvalue weighted by Gasteiger charge is 2.40. The number of carbonyl (C=O) groups excluding carboxylic acids is 1. The van der Waals surface area contributed by atoms with E-state index in [1.165, 1.54) is 6.07 Å². The van der Waals surface area contributed by atoms with Crippen LogP contribution < -0.4 is 4.74 Å². The van der Waals surface area contributed by atoms with E-state index in [-0.39, 0.29) is 29.8 Å². The van der Waals surface area contributed by atoms with Gasteiger partial charge in [0.25, 0.3) is 0 Å². The van der Waals surface area contributed by atoms with Gasteiger partial charge in [0, 0.05) is 5.57 Å². The minimum atomic E-state index is -4.51. The SMILES string of the molecule is CC1C=C(C=O)c2ccc(OC3CCC(C)CC3)c(C(F)(F)F)c2C1. The molecule has 0 radical (unpaired) electrons. The molecule has 0 spiro atoms. The Morgan fingerprint density at radius 2 is 1.80 bits per heavy atom. The van der Waals surface area contributed by atoms with E-state index in [2.05, 4.69) is 6.92 Å². The Kier molecular flexibility index (Phi) is 4.94. The van der Waals surface area contributed by atoms with Gasteiger partial charge in [0.1, 0.15) is 17.6 Å². The van der Waals surface area contributed by atoms with Crippen LogP contribution in [0.3, 0.4) is 0 Å². The number of hydrogen-bond donors (Lipinski definition) is 0. The Morgan fingerprint density at radius 1 is 1.12 bits per heavy atom. The highest BCUT2D eigenvalue weighted by atomic mass is 19.4. The molecule has 5 heteroatoms. The second-order valence-corrected chi connectivity index (χ2v) is 7.38. The molecule has 1 unspecified atom stereocenters. The summed E-state index contributed by atoms with van der Waals surface area (Å²) < 4.78 is 47.3. The summed E-state index contributed by atoms with van der Waals surface area (Å²) in [5, 5.41) is 0. The largest absolute Gasteiger partial charge is 0.490 e. The molecule has 0 heterocycles. The molecule has 0 N–H and O–H groups in total. The van der Waals surface area contributed by atoms with Crippen LogP contribution in [-0.4, -0.2) is 12.4 Å². The van der Waals surface area contributed by atoms with Gasteiger partial charge >= 0.3 is 6.18 Å². The zero-order valence-corrected chi connectivity index (χ0v) is 14.5. The molecular weight excluding hydrogens is 329 g/mol. The summed E-state index contributed by atoms with van der Waals surface area (Å²) in [4.78, 5) is 11.3. The van der Waals surface area contributed by atoms with Crippen LogP contribution >= 0.6 is 0 Å². The smallest absolute Gasteiger partial charge is 0.420 e. The number of benzene rings is 1. The monoisotopic (exact) mass is 352 g/mol. The molecular formula is C20H23F3O2. The third-order valence-corrected chi connectivity index (χ3v) is 5.24. The van der Waals surface area contributed by atoms with Crippen molar-refractivity contribution in [2.45, 2.75) is 58.2 Å². The lowest BCUT2D eigenvalue weighted by Gasteiger charge is -2.30. The molecule has 0 bridgehead atoms. The van der Waals surface area contributed by atoms with Gasteiger partial charge in [-0.1, -0.05) is 26.0 Å². The summed E-state index contributed by atoms with van der Waals surface area (Å²) in [5.41, 5.74) is 0.191. The van der Waals surface area contributed by atoms with Gasteiger partial charge in [-0.15, -0.1) is 0 Å². The number of alkyl halides is 3. The van der Waals surface area contributed by atoms with Crippen molar-refractivity contribution < 1.29 is 22.7 Å². The van der Waals surface area contributed by atoms with Gasteiger partial charge in [0.2, 0.25) is 0 Å². The molecule has 2 nitrogen and oxygen atoms in total. The van der Waals surface area contributed by atoms with Gasteiger partial charge in [0.15, 0.2) is 0 Å². The van der Waals surface area contributed by atoms with E-state index in [1.54, 1.807) is 12.1 Å². The first-order valence-corrected chi connectivity index (χ1v) is 8.86. The van der Waals surface area contributed by atoms with Crippen LogP contribution in [0.15, 0.2) is 18.2 Å². The third kappa shape index (κ3) is 3.75. The molecule has 136 valence electrons. The van der Waals surface area contributed by atoms with E-state index < -0.39 is 11.7 Å². The Bertz CT molecular complexity index is 683. The zero-order valence-electron chi connectivity index (χ0n) is 14.5. The second kappa shape index (κ2) is 6.85. The van der Waals surface area contributed by atoms with Gasteiger partial charge in [-0.05, 0) is 61.1 Å². The molecule has 1 atom stereocenters. The summed E-state index contributed by atoms with van der Waals surface area (Å²) in [6, 6.07) is 2.98. The van der Waals surface area contributed by atoms with Crippen molar-refractivity contribution in [1.29, 1.82) is 0 Å². The van der Waals surface area contributed by atoms with E-state index in [4.69, 9.17) is 4.74 Å². The summed E-state index contributed by atoms with van der Waals surface area (Å²) in [6.07, 6.45) is 1.48. The number of halogens is 3. The topological polar surface area (TPSA) is 26.3 Å². The van der Waals surface area contributed by atoms with Gasteiger partial charge in [-0.2, -0.15) is 13.2 Å². The van der Waals surface area contributed by atoms with E-state index >= 15 is 0 Å². The fraction of sp³-hybridized carbons (Fsp3) is 0.550. The first-order valence-electron chi connectivity index (χ1n) is 8.86. The van der Waals surface area contributed by atoms with Crippen molar-refractivity contribution in [3.05, 3.63) is 34.9 Å². The molecule has 2 aliphatic rings. The molecule has 1 saturated carbocycles. The number of hydrogen-bond acceptors (Lipinski definition) is 2. The predicted molar refractivity (Wildman–Crippen MR) is 90.4 cm³/mol. The molecule has 1 aromatic carbocycles. The van der Waals surface area contributed by atoms with Crippen molar-refractivity contribution in [1.82, 2.24) is 0 Å². The van der Waals surface area contributed by atoms with Crippen LogP contribution in [0.5, 0.6) is 5.75 Å². The summed E-state index contributed by atoms with van der Waals surface area (Å²) in [6.45, 7) is 3.98. The average Bonchev–Trinajstić information content (AvgIpc) is 2.54. The Hall–Kier alpha value is -1.78. The lowest BCUT2D eigenvalue weighted by Crippen LogP contribution is -2.25. The van der Waals surface area contributed by atoms with Crippen LogP contribution in [0.1, 0.15) is 56.2 Å². The lowest BCUT2D eigenvalue weighted by atomic mass is 9.82. The molecule has 2 aliphatic carbocycles. The fourth-order valence-electron chi connectivity index (χ4n) is 3.92. The molecule has 0 amide bonds. The number of fused-ring (bicyclic) bond motifs is 1. The lowest BCUT2D eigenvalue weighted by molar-refractivity contribution is -0.140. The van der Waals surface area contributed by atoms with Crippen LogP contribution in [-0.2, 0) is 17.4 Å². The molecule has 1 aromatic rings. The molecule has 25 heavy (non-hydrogen) atoms. The second-order valence-electron chi connectivity index (χ2n) is 7.38. The van der Waals surface area contributed by atoms with Gasteiger partial charge in [-0.3, -0.25) is 4.79 Å². The first-order chi connectivity index (χ1) is 11.8. The highest BCUT2D eigenvalue weighted by Crippen LogP contribution is 2.45. The maximum Gasteiger partial charge on any atom is 0.420 e. The first kappa shape index (κ1) is 18.0. The summed E-state index contributed by atoms with van der Waals surface area (Å²) in [5.74, 6) is 0.399. The van der Waals surface area contributed by atoms with Crippen LogP contribution in [0.4, 0.5) is 13.2 Å². The molecule has 0 saturated heterocycles. The van der Waals surface area contributed by atoms with Crippen molar-refractivity contribution in [3.8, 4) is 5.75 Å². The van der Waals surface area contributed by atoms with Crippen LogP contribution in [0, 0.1) is 11.8 Å². The summed E-state index contributed by atoms with van der Waals surface area (Å²) >= 11 is 0. The molecule has 3 rings (SSSR count). The Morgan fingerprint density at radius 3 is 2.40 bits per heavy atom. The standard InChI is InChI=1S/C20H23F3O2/c1-12-3-5-15(6-4-12)25-18-8-7-16-14(11-24)9-13(2)10-17(16)19(18)20(21,22)23/h7-9,11-13,15H,3-6,10H2,1-2H3. The maximum absolute atomic E-state index is 13.8. The van der Waals surface area contributed by atoms with E-state index in [0.717, 1.165) is 25.7 Å². The van der Waals surface area contributed by atoms with Crippen molar-refractivity contribution in [3.63, 3.8) is 0 Å². The highest BCUT2D eigenvalue weighted by molar-refractivity contribution is 6.08. The van der Waals surface area contributed by atoms with Crippen LogP contribution in [0.25, 0.3) is 5.57 Å². The van der Waals surface area contributed by atoms with E-state index in [0.29, 0.717) is 23.3 Å². The number of aldehydes is 1. The van der Waals surface area contributed by atoms with Gasteiger partial charge in [-0.25, -0.2) is 0 Å². The van der Waals surface area contributed by atoms with E-state index in [1.807, 2.05) is 6.92 Å². The number of rotatable bonds is 3. The van der Waals surface area contributed by atoms with Crippen molar-refractivity contribution >= 4 is 11.9 Å². The summed E-state index contributed by atoms with van der Waals surface area (Å²) in [7, 11) is 0. The zero-order chi connectivity index (χ0) is 18.2. The Labute approximate surface area is 146 Å². The minimum absolute atomic E-state index is 0.0925. The van der Waals surface area contributed by atoms with Crippen molar-refractivity contribution in [2.75, 3.05) is 0 Å². The van der Waals surface area contributed by atoms with Gasteiger partial charge in [0.05, 0.1) is 6.10 Å². The predicted octanol–water partition coefficient (Wildman–Crippen LogP) is 5.44. The average molecular weight is 352 g/mol. The third-order valence-electron chi connectivity index (χ3n) is 5.24. The number of carbonyl (C=O) groups is 1. The molecule has 0 aromatic heterocycles. The fourth-order valence-corrected chi connectivity index (χ4v) is 3.92. The molecule has 1 fully saturated rings. The quantitative estimate of drug-likeness (QED) is 0.677. The van der Waals surface area contributed by atoms with Crippen LogP contribution in [0.2, 0.25) is 0 Å². The minimum Gasteiger partial charge on any atom is -0.490 e. The Balaban J connectivity index is 2.01. The normalized spacial score (nSPS) is 26.6. The number of allylic oxidation sites excluding steroid dienone is 2. The maximum atomic E-state index is 13.8.